The minimum absolute atomic E-state index is 0.0443. The van der Waals surface area contributed by atoms with E-state index in [2.05, 4.69) is 10.6 Å². The van der Waals surface area contributed by atoms with E-state index in [9.17, 15) is 4.79 Å². The number of ether oxygens (including phenoxy) is 1. The van der Waals surface area contributed by atoms with Crippen molar-refractivity contribution < 1.29 is 9.53 Å². The molecule has 5 heteroatoms. The zero-order chi connectivity index (χ0) is 14.3. The van der Waals surface area contributed by atoms with Gasteiger partial charge in [0.15, 0.2) is 0 Å². The number of carbonyl (C=O) groups excluding carboxylic acids is 1. The number of nitrogens with one attached hydrogen (secondary N) is 2. The van der Waals surface area contributed by atoms with E-state index in [-0.39, 0.29) is 11.9 Å². The molecule has 2 N–H and O–H groups in total. The van der Waals surface area contributed by atoms with Gasteiger partial charge in [0.25, 0.3) is 0 Å². The monoisotopic (exact) mass is 284 g/mol. The van der Waals surface area contributed by atoms with Crippen LogP contribution in [0.3, 0.4) is 0 Å². The SMILES string of the molecule is CCC(C)NC(=O)CCNc1cc(Cl)ccc1OC. The maximum absolute atomic E-state index is 11.6. The number of rotatable bonds is 7. The van der Waals surface area contributed by atoms with Crippen LogP contribution in [0.5, 0.6) is 5.75 Å². The first-order valence-corrected chi connectivity index (χ1v) is 6.81. The van der Waals surface area contributed by atoms with E-state index >= 15 is 0 Å². The molecule has 1 unspecified atom stereocenters. The van der Waals surface area contributed by atoms with Gasteiger partial charge < -0.3 is 15.4 Å². The Morgan fingerprint density at radius 1 is 1.47 bits per heavy atom. The number of benzene rings is 1. The summed E-state index contributed by atoms with van der Waals surface area (Å²) in [7, 11) is 1.60. The van der Waals surface area contributed by atoms with E-state index in [1.54, 1.807) is 25.3 Å². The van der Waals surface area contributed by atoms with Crippen molar-refractivity contribution in [1.82, 2.24) is 5.32 Å². The molecule has 1 rings (SSSR count). The summed E-state index contributed by atoms with van der Waals surface area (Å²) in [5, 5.41) is 6.71. The fraction of sp³-hybridized carbons (Fsp3) is 0.500. The molecule has 106 valence electrons. The molecule has 0 heterocycles. The standard InChI is InChI=1S/C14H21ClN2O2/c1-4-10(2)17-14(18)7-8-16-12-9-11(15)5-6-13(12)19-3/h5-6,9-10,16H,4,7-8H2,1-3H3,(H,17,18). The third-order valence-corrected chi connectivity index (χ3v) is 3.08. The summed E-state index contributed by atoms with van der Waals surface area (Å²) in [6.07, 6.45) is 1.35. The normalized spacial score (nSPS) is 11.8. The van der Waals surface area contributed by atoms with Crippen LogP contribution >= 0.6 is 11.6 Å². The first kappa shape index (κ1) is 15.6. The molecule has 0 aliphatic carbocycles. The molecule has 4 nitrogen and oxygen atoms in total. The highest BCUT2D eigenvalue weighted by atomic mass is 35.5. The lowest BCUT2D eigenvalue weighted by atomic mass is 10.2. The molecule has 0 bridgehead atoms. The summed E-state index contributed by atoms with van der Waals surface area (Å²) in [5.74, 6) is 0.759. The van der Waals surface area contributed by atoms with Gasteiger partial charge in [-0.3, -0.25) is 4.79 Å². The van der Waals surface area contributed by atoms with E-state index in [4.69, 9.17) is 16.3 Å². The molecular weight excluding hydrogens is 264 g/mol. The Morgan fingerprint density at radius 2 is 2.21 bits per heavy atom. The van der Waals surface area contributed by atoms with Gasteiger partial charge in [-0.15, -0.1) is 0 Å². The number of anilines is 1. The molecule has 1 aromatic rings. The molecule has 0 fully saturated rings. The van der Waals surface area contributed by atoms with Crippen molar-refractivity contribution >= 4 is 23.2 Å². The van der Waals surface area contributed by atoms with Crippen LogP contribution in [0.25, 0.3) is 0 Å². The van der Waals surface area contributed by atoms with Crippen LogP contribution in [0, 0.1) is 0 Å². The second kappa shape index (κ2) is 7.89. The molecular formula is C14H21ClN2O2. The molecule has 0 saturated carbocycles. The second-order valence-corrected chi connectivity index (χ2v) is 4.83. The third kappa shape index (κ3) is 5.39. The maximum Gasteiger partial charge on any atom is 0.221 e. The fourth-order valence-corrected chi connectivity index (χ4v) is 1.75. The van der Waals surface area contributed by atoms with Crippen LogP contribution in [0.1, 0.15) is 26.7 Å². The molecule has 0 spiro atoms. The summed E-state index contributed by atoms with van der Waals surface area (Å²) in [6.45, 7) is 4.57. The van der Waals surface area contributed by atoms with E-state index in [0.717, 1.165) is 12.1 Å². The number of halogens is 1. The van der Waals surface area contributed by atoms with Crippen molar-refractivity contribution in [3.63, 3.8) is 0 Å². The van der Waals surface area contributed by atoms with Gasteiger partial charge in [-0.1, -0.05) is 18.5 Å². The fourth-order valence-electron chi connectivity index (χ4n) is 1.58. The predicted molar refractivity (Wildman–Crippen MR) is 79.0 cm³/mol. The maximum atomic E-state index is 11.6. The van der Waals surface area contributed by atoms with Crippen LogP contribution < -0.4 is 15.4 Å². The Hall–Kier alpha value is -1.42. The van der Waals surface area contributed by atoms with Gasteiger partial charge in [-0.2, -0.15) is 0 Å². The Balaban J connectivity index is 2.44. The van der Waals surface area contributed by atoms with E-state index in [1.165, 1.54) is 0 Å². The van der Waals surface area contributed by atoms with Crippen LogP contribution in [-0.4, -0.2) is 25.6 Å². The van der Waals surface area contributed by atoms with Crippen molar-refractivity contribution in [1.29, 1.82) is 0 Å². The van der Waals surface area contributed by atoms with Crippen LogP contribution in [0.2, 0.25) is 5.02 Å². The number of hydrogen-bond donors (Lipinski definition) is 2. The van der Waals surface area contributed by atoms with E-state index in [0.29, 0.717) is 23.7 Å². The van der Waals surface area contributed by atoms with Gasteiger partial charge in [0.05, 0.1) is 12.8 Å². The Bertz CT molecular complexity index is 424. The summed E-state index contributed by atoms with van der Waals surface area (Å²) in [4.78, 5) is 11.6. The summed E-state index contributed by atoms with van der Waals surface area (Å²) >= 11 is 5.93. The Morgan fingerprint density at radius 3 is 2.84 bits per heavy atom. The van der Waals surface area contributed by atoms with Crippen molar-refractivity contribution in [3.05, 3.63) is 23.2 Å². The average Bonchev–Trinajstić information content (AvgIpc) is 2.38. The first-order valence-electron chi connectivity index (χ1n) is 6.43. The number of hydrogen-bond acceptors (Lipinski definition) is 3. The van der Waals surface area contributed by atoms with Gasteiger partial charge in [-0.05, 0) is 31.5 Å². The first-order chi connectivity index (χ1) is 9.06. The summed E-state index contributed by atoms with van der Waals surface area (Å²) < 4.78 is 5.22. The van der Waals surface area contributed by atoms with Crippen LogP contribution in [-0.2, 0) is 4.79 Å². The molecule has 0 aliphatic heterocycles. The molecule has 1 atom stereocenters. The zero-order valence-corrected chi connectivity index (χ0v) is 12.4. The lowest BCUT2D eigenvalue weighted by Gasteiger charge is -2.13. The molecule has 1 aromatic carbocycles. The minimum atomic E-state index is 0.0443. The molecule has 0 aromatic heterocycles. The van der Waals surface area contributed by atoms with Crippen molar-refractivity contribution in [2.24, 2.45) is 0 Å². The lowest BCUT2D eigenvalue weighted by molar-refractivity contribution is -0.121. The smallest absolute Gasteiger partial charge is 0.221 e. The number of amides is 1. The van der Waals surface area contributed by atoms with E-state index < -0.39 is 0 Å². The third-order valence-electron chi connectivity index (χ3n) is 2.85. The molecule has 0 aliphatic rings. The van der Waals surface area contributed by atoms with Crippen LogP contribution in [0.15, 0.2) is 18.2 Å². The quantitative estimate of drug-likeness (QED) is 0.809. The Labute approximate surface area is 119 Å². The van der Waals surface area contributed by atoms with Gasteiger partial charge >= 0.3 is 0 Å². The minimum Gasteiger partial charge on any atom is -0.495 e. The highest BCUT2D eigenvalue weighted by molar-refractivity contribution is 6.30. The van der Waals surface area contributed by atoms with Crippen molar-refractivity contribution in [2.75, 3.05) is 19.0 Å². The summed E-state index contributed by atoms with van der Waals surface area (Å²) in [5.41, 5.74) is 0.798. The largest absolute Gasteiger partial charge is 0.495 e. The number of methoxy groups -OCH3 is 1. The van der Waals surface area contributed by atoms with Gasteiger partial charge in [0.2, 0.25) is 5.91 Å². The molecule has 19 heavy (non-hydrogen) atoms. The Kier molecular flexibility index (Phi) is 6.50. The average molecular weight is 285 g/mol. The zero-order valence-electron chi connectivity index (χ0n) is 11.6. The highest BCUT2D eigenvalue weighted by Gasteiger charge is 2.07. The number of carbonyl (C=O) groups is 1. The van der Waals surface area contributed by atoms with Crippen LogP contribution in [0.4, 0.5) is 5.69 Å². The predicted octanol–water partition coefficient (Wildman–Crippen LogP) is 3.07. The highest BCUT2D eigenvalue weighted by Crippen LogP contribution is 2.27. The summed E-state index contributed by atoms with van der Waals surface area (Å²) in [6, 6.07) is 5.56. The van der Waals surface area contributed by atoms with Gasteiger partial charge in [0.1, 0.15) is 5.75 Å². The van der Waals surface area contributed by atoms with Crippen molar-refractivity contribution in [2.45, 2.75) is 32.7 Å². The molecule has 0 saturated heterocycles. The topological polar surface area (TPSA) is 50.4 Å². The molecule has 0 radical (unpaired) electrons. The lowest BCUT2D eigenvalue weighted by Crippen LogP contribution is -2.32. The molecule has 1 amide bonds. The second-order valence-electron chi connectivity index (χ2n) is 4.40. The van der Waals surface area contributed by atoms with Crippen molar-refractivity contribution in [3.8, 4) is 5.75 Å². The van der Waals surface area contributed by atoms with Gasteiger partial charge in [-0.25, -0.2) is 0 Å². The van der Waals surface area contributed by atoms with E-state index in [1.807, 2.05) is 13.8 Å². The van der Waals surface area contributed by atoms with Gasteiger partial charge in [0, 0.05) is 24.0 Å².